The number of amides is 7. The molecule has 0 bridgehead atoms. The molecule has 0 spiro atoms. The fourth-order valence-electron chi connectivity index (χ4n) is 4.64. The van der Waals surface area contributed by atoms with E-state index in [2.05, 4.69) is 37.2 Å². The van der Waals surface area contributed by atoms with Crippen molar-refractivity contribution in [3.05, 3.63) is 0 Å². The fourth-order valence-corrected chi connectivity index (χ4v) is 4.64. The molecular weight excluding hydrogens is 636 g/mol. The SMILES string of the molecule is C[C@@H](O)[C@@H]1NC(=O)[C@H](CCN)NC(=O)[C@H](CCN)NC(=O)[C@H]([C@@H](C)O)NC(=O)[C@H]([C@@H](C)O)NC(=O)[C@H](CCN)NC(=O)CCCNC1=O. The Morgan fingerprint density at radius 3 is 1.29 bits per heavy atom. The minimum absolute atomic E-state index is 0.0413. The van der Waals surface area contributed by atoms with Gasteiger partial charge in [-0.2, -0.15) is 0 Å². The highest BCUT2D eigenvalue weighted by molar-refractivity contribution is 5.97. The molecule has 0 aliphatic carbocycles. The Kier molecular flexibility index (Phi) is 18.5. The quantitative estimate of drug-likeness (QED) is 0.107. The molecule has 1 aliphatic rings. The van der Waals surface area contributed by atoms with Gasteiger partial charge in [0, 0.05) is 13.0 Å². The minimum atomic E-state index is -1.70. The van der Waals surface area contributed by atoms with Crippen molar-refractivity contribution in [1.82, 2.24) is 37.2 Å². The van der Waals surface area contributed by atoms with Crippen molar-refractivity contribution < 1.29 is 48.9 Å². The molecule has 0 aromatic heterocycles. The minimum Gasteiger partial charge on any atom is -0.391 e. The summed E-state index contributed by atoms with van der Waals surface area (Å²) in [5, 5.41) is 47.7. The molecule has 1 rings (SSSR count). The van der Waals surface area contributed by atoms with Crippen molar-refractivity contribution in [3.8, 4) is 0 Å². The van der Waals surface area contributed by atoms with Crippen LogP contribution in [0.1, 0.15) is 52.9 Å². The predicted molar refractivity (Wildman–Crippen MR) is 170 cm³/mol. The Hall–Kier alpha value is -3.95. The zero-order chi connectivity index (χ0) is 36.6. The van der Waals surface area contributed by atoms with Gasteiger partial charge >= 0.3 is 0 Å². The highest BCUT2D eigenvalue weighted by Crippen LogP contribution is 2.05. The second-order valence-corrected chi connectivity index (χ2v) is 11.5. The molecule has 20 heteroatoms. The van der Waals surface area contributed by atoms with Crippen LogP contribution in [0, 0.1) is 0 Å². The first kappa shape index (κ1) is 42.1. The molecule has 16 N–H and O–H groups in total. The van der Waals surface area contributed by atoms with Gasteiger partial charge in [0.1, 0.15) is 36.3 Å². The van der Waals surface area contributed by atoms with Crippen molar-refractivity contribution in [2.45, 2.75) is 107 Å². The second kappa shape index (κ2) is 21.1. The van der Waals surface area contributed by atoms with E-state index in [1.54, 1.807) is 0 Å². The van der Waals surface area contributed by atoms with Crippen LogP contribution in [0.5, 0.6) is 0 Å². The topological polar surface area (TPSA) is 342 Å². The lowest BCUT2D eigenvalue weighted by Crippen LogP contribution is -2.63. The molecule has 20 nitrogen and oxygen atoms in total. The van der Waals surface area contributed by atoms with Crippen molar-refractivity contribution in [1.29, 1.82) is 0 Å². The third-order valence-corrected chi connectivity index (χ3v) is 7.35. The number of nitrogens with one attached hydrogen (secondary N) is 7. The average Bonchev–Trinajstić information content (AvgIpc) is 3.01. The first-order valence-corrected chi connectivity index (χ1v) is 15.8. The molecule has 0 aromatic rings. The molecule has 1 saturated heterocycles. The summed E-state index contributed by atoms with van der Waals surface area (Å²) in [5.41, 5.74) is 16.9. The smallest absolute Gasteiger partial charge is 0.245 e. The summed E-state index contributed by atoms with van der Waals surface area (Å²) in [5.74, 6) is -6.12. The van der Waals surface area contributed by atoms with E-state index in [0.29, 0.717) is 0 Å². The summed E-state index contributed by atoms with van der Waals surface area (Å²) in [6, 6.07) is -8.73. The number of aliphatic hydroxyl groups is 3. The molecule has 274 valence electrons. The first-order valence-electron chi connectivity index (χ1n) is 15.8. The van der Waals surface area contributed by atoms with Gasteiger partial charge in [-0.1, -0.05) is 0 Å². The summed E-state index contributed by atoms with van der Waals surface area (Å²) >= 11 is 0. The lowest BCUT2D eigenvalue weighted by molar-refractivity contribution is -0.138. The predicted octanol–water partition coefficient (Wildman–Crippen LogP) is -7.01. The number of aliphatic hydroxyl groups excluding tert-OH is 3. The molecule has 9 atom stereocenters. The second-order valence-electron chi connectivity index (χ2n) is 11.5. The van der Waals surface area contributed by atoms with Crippen molar-refractivity contribution in [2.75, 3.05) is 26.2 Å². The zero-order valence-electron chi connectivity index (χ0n) is 27.5. The first-order chi connectivity index (χ1) is 22.6. The van der Waals surface area contributed by atoms with E-state index in [1.165, 1.54) is 20.8 Å². The Morgan fingerprint density at radius 1 is 0.542 bits per heavy atom. The van der Waals surface area contributed by atoms with Crippen LogP contribution in [0.15, 0.2) is 0 Å². The monoisotopic (exact) mass is 688 g/mol. The van der Waals surface area contributed by atoms with E-state index in [0.717, 1.165) is 0 Å². The molecule has 1 heterocycles. The Labute approximate surface area is 278 Å². The third-order valence-electron chi connectivity index (χ3n) is 7.35. The molecular formula is C28H52N10O10. The van der Waals surface area contributed by atoms with E-state index in [1.807, 2.05) is 0 Å². The van der Waals surface area contributed by atoms with Crippen LogP contribution in [0.3, 0.4) is 0 Å². The summed E-state index contributed by atoms with van der Waals surface area (Å²) in [6.45, 7) is 3.33. The molecule has 0 saturated carbocycles. The summed E-state index contributed by atoms with van der Waals surface area (Å²) < 4.78 is 0. The van der Waals surface area contributed by atoms with Gasteiger partial charge in [-0.15, -0.1) is 0 Å². The highest BCUT2D eigenvalue weighted by atomic mass is 16.3. The Morgan fingerprint density at radius 2 is 0.875 bits per heavy atom. The molecule has 7 amide bonds. The van der Waals surface area contributed by atoms with Gasteiger partial charge in [-0.3, -0.25) is 33.6 Å². The van der Waals surface area contributed by atoms with Gasteiger partial charge < -0.3 is 69.7 Å². The number of hydrogen-bond acceptors (Lipinski definition) is 13. The van der Waals surface area contributed by atoms with E-state index < -0.39 is 95.9 Å². The van der Waals surface area contributed by atoms with Gasteiger partial charge in [-0.25, -0.2) is 0 Å². The van der Waals surface area contributed by atoms with Crippen LogP contribution < -0.4 is 54.4 Å². The van der Waals surface area contributed by atoms with Gasteiger partial charge in [0.2, 0.25) is 41.4 Å². The highest BCUT2D eigenvalue weighted by Gasteiger charge is 2.36. The van der Waals surface area contributed by atoms with Gasteiger partial charge in [0.05, 0.1) is 18.3 Å². The lowest BCUT2D eigenvalue weighted by atomic mass is 10.1. The van der Waals surface area contributed by atoms with E-state index >= 15 is 0 Å². The molecule has 0 aromatic carbocycles. The number of rotatable bonds is 9. The van der Waals surface area contributed by atoms with Gasteiger partial charge in [0.15, 0.2) is 0 Å². The molecule has 48 heavy (non-hydrogen) atoms. The van der Waals surface area contributed by atoms with Crippen LogP contribution in [0.2, 0.25) is 0 Å². The summed E-state index contributed by atoms with van der Waals surface area (Å²) in [6.07, 6.45) is -4.80. The maximum Gasteiger partial charge on any atom is 0.245 e. The molecule has 1 fully saturated rings. The van der Waals surface area contributed by atoms with Crippen molar-refractivity contribution in [2.24, 2.45) is 17.2 Å². The maximum atomic E-state index is 13.3. The van der Waals surface area contributed by atoms with Crippen LogP contribution in [0.25, 0.3) is 0 Å². The average molecular weight is 689 g/mol. The summed E-state index contributed by atoms with van der Waals surface area (Å²) in [4.78, 5) is 91.4. The lowest BCUT2D eigenvalue weighted by Gasteiger charge is -2.29. The van der Waals surface area contributed by atoms with Crippen molar-refractivity contribution in [3.63, 3.8) is 0 Å². The van der Waals surface area contributed by atoms with Gasteiger partial charge in [0.25, 0.3) is 0 Å². The fraction of sp³-hybridized carbons (Fsp3) is 0.750. The number of carbonyl (C=O) groups is 7. The molecule has 0 radical (unpaired) electrons. The number of hydrogen-bond donors (Lipinski definition) is 13. The normalized spacial score (nSPS) is 28.3. The molecule has 1 aliphatic heterocycles. The van der Waals surface area contributed by atoms with Crippen LogP contribution in [-0.4, -0.2) is 137 Å². The Bertz CT molecular complexity index is 1120. The van der Waals surface area contributed by atoms with E-state index in [-0.39, 0.29) is 58.3 Å². The van der Waals surface area contributed by atoms with E-state index in [4.69, 9.17) is 17.2 Å². The van der Waals surface area contributed by atoms with Gasteiger partial charge in [-0.05, 0) is 66.1 Å². The largest absolute Gasteiger partial charge is 0.391 e. The standard InChI is InChI=1S/C28H52N10O10/c1-13(39)20-26(46)32-12-4-5-19(42)33-16(6-9-29)24(44)37-22(15(3)41)28(48)38-21(14(2)40)27(47)35-17(7-10-30)23(43)34-18(8-11-31)25(45)36-20/h13-18,20-22,39-41H,4-12,29-31H2,1-3H3,(H,32,46)(H,33,42)(H,34,43)(H,35,47)(H,36,45)(H,37,44)(H,38,48)/t13-,14-,15-,16+,17+,18+,20+,21+,22+/m1/s1. The third kappa shape index (κ3) is 13.6. The van der Waals surface area contributed by atoms with Crippen LogP contribution in [0.4, 0.5) is 0 Å². The van der Waals surface area contributed by atoms with Crippen LogP contribution >= 0.6 is 0 Å². The van der Waals surface area contributed by atoms with Crippen molar-refractivity contribution >= 4 is 41.4 Å². The Balaban J connectivity index is 3.51. The summed E-state index contributed by atoms with van der Waals surface area (Å²) in [7, 11) is 0. The number of nitrogens with two attached hydrogens (primary N) is 3. The zero-order valence-corrected chi connectivity index (χ0v) is 27.5. The molecule has 0 unspecified atom stereocenters. The number of carbonyl (C=O) groups excluding carboxylic acids is 7. The van der Waals surface area contributed by atoms with E-state index in [9.17, 15) is 48.9 Å². The van der Waals surface area contributed by atoms with Crippen LogP contribution in [-0.2, 0) is 33.6 Å². The maximum absolute atomic E-state index is 13.3.